The topological polar surface area (TPSA) is 113 Å². The number of alkyl halides is 3. The Morgan fingerprint density at radius 2 is 2.12 bits per heavy atom. The van der Waals surface area contributed by atoms with E-state index in [0.29, 0.717) is 0 Å². The lowest BCUT2D eigenvalue weighted by Gasteiger charge is -2.15. The van der Waals surface area contributed by atoms with Crippen molar-refractivity contribution in [2.75, 3.05) is 6.54 Å². The van der Waals surface area contributed by atoms with Gasteiger partial charge in [0, 0.05) is 13.1 Å². The van der Waals surface area contributed by atoms with Crippen LogP contribution in [0.15, 0.2) is 12.4 Å². The molecule has 8 nitrogen and oxygen atoms in total. The molecular formula is C14H16F3N5O3. The maximum absolute atomic E-state index is 12.9. The Balaban J connectivity index is 2.00. The van der Waals surface area contributed by atoms with Crippen LogP contribution < -0.4 is 5.32 Å². The summed E-state index contributed by atoms with van der Waals surface area (Å²) >= 11 is 0. The third-order valence-corrected chi connectivity index (χ3v) is 3.36. The molecule has 1 amide bonds. The van der Waals surface area contributed by atoms with E-state index in [0.717, 1.165) is 17.1 Å². The molecule has 2 heterocycles. The summed E-state index contributed by atoms with van der Waals surface area (Å²) in [4.78, 5) is 28.9. The number of imidazole rings is 1. The molecule has 0 aliphatic rings. The highest BCUT2D eigenvalue weighted by molar-refractivity contribution is 6.02. The normalized spacial score (nSPS) is 12.8. The number of nitrogens with one attached hydrogen (secondary N) is 2. The molecule has 0 unspecified atom stereocenters. The van der Waals surface area contributed by atoms with Gasteiger partial charge in [-0.15, -0.1) is 0 Å². The molecule has 11 heteroatoms. The second kappa shape index (κ2) is 6.95. The lowest BCUT2D eigenvalue weighted by molar-refractivity contribution is -0.144. The zero-order valence-corrected chi connectivity index (χ0v) is 13.4. The number of aromatic nitrogens is 4. The van der Waals surface area contributed by atoms with Gasteiger partial charge in [0.1, 0.15) is 5.69 Å². The van der Waals surface area contributed by atoms with E-state index in [1.807, 2.05) is 0 Å². The van der Waals surface area contributed by atoms with Crippen molar-refractivity contribution >= 4 is 11.9 Å². The lowest BCUT2D eigenvalue weighted by atomic mass is 10.1. The molecule has 0 saturated heterocycles. The van der Waals surface area contributed by atoms with Crippen LogP contribution in [-0.2, 0) is 12.7 Å². The SMILES string of the molecule is Cc1cc(C(F)(F)F)n(C[C@H](C)CNC(=O)c2nc[nH]c2C(=O)O)n1. The number of aromatic carboxylic acids is 1. The fourth-order valence-electron chi connectivity index (χ4n) is 2.25. The van der Waals surface area contributed by atoms with Crippen LogP contribution in [0.1, 0.15) is 39.3 Å². The average Bonchev–Trinajstić information content (AvgIpc) is 3.11. The van der Waals surface area contributed by atoms with Crippen LogP contribution in [0.2, 0.25) is 0 Å². The highest BCUT2D eigenvalue weighted by atomic mass is 19.4. The van der Waals surface area contributed by atoms with Crippen molar-refractivity contribution < 1.29 is 27.9 Å². The lowest BCUT2D eigenvalue weighted by Crippen LogP contribution is -2.32. The third kappa shape index (κ3) is 4.37. The van der Waals surface area contributed by atoms with Crippen molar-refractivity contribution in [3.05, 3.63) is 35.2 Å². The van der Waals surface area contributed by atoms with Crippen molar-refractivity contribution in [3.63, 3.8) is 0 Å². The van der Waals surface area contributed by atoms with E-state index in [1.165, 1.54) is 6.92 Å². The summed E-state index contributed by atoms with van der Waals surface area (Å²) in [6, 6.07) is 0.953. The van der Waals surface area contributed by atoms with Crippen LogP contribution in [0.5, 0.6) is 0 Å². The molecule has 0 radical (unpaired) electrons. The fourth-order valence-corrected chi connectivity index (χ4v) is 2.25. The first-order valence-corrected chi connectivity index (χ1v) is 7.26. The van der Waals surface area contributed by atoms with Crippen LogP contribution in [0.4, 0.5) is 13.2 Å². The number of carbonyl (C=O) groups is 2. The Morgan fingerprint density at radius 1 is 1.44 bits per heavy atom. The van der Waals surface area contributed by atoms with Crippen LogP contribution in [-0.4, -0.2) is 43.3 Å². The predicted octanol–water partition coefficient (Wildman–Crippen LogP) is 1.70. The number of nitrogens with zero attached hydrogens (tertiary/aromatic N) is 3. The summed E-state index contributed by atoms with van der Waals surface area (Å²) in [5.41, 5.74) is -1.26. The monoisotopic (exact) mass is 359 g/mol. The van der Waals surface area contributed by atoms with Crippen LogP contribution in [0.3, 0.4) is 0 Å². The van der Waals surface area contributed by atoms with E-state index in [-0.39, 0.29) is 36.1 Å². The number of rotatable bonds is 6. The smallest absolute Gasteiger partial charge is 0.433 e. The highest BCUT2D eigenvalue weighted by Gasteiger charge is 2.35. The fraction of sp³-hybridized carbons (Fsp3) is 0.429. The molecule has 0 fully saturated rings. The molecule has 3 N–H and O–H groups in total. The Hall–Kier alpha value is -2.85. The first kappa shape index (κ1) is 18.5. The molecular weight excluding hydrogens is 343 g/mol. The molecule has 136 valence electrons. The number of carboxylic acids is 1. The Bertz CT molecular complexity index is 781. The van der Waals surface area contributed by atoms with Gasteiger partial charge in [0.2, 0.25) is 0 Å². The Labute approximate surface area is 140 Å². The van der Waals surface area contributed by atoms with E-state index in [1.54, 1.807) is 6.92 Å². The molecule has 2 rings (SSSR count). The molecule has 0 aliphatic heterocycles. The van der Waals surface area contributed by atoms with Crippen LogP contribution in [0.25, 0.3) is 0 Å². The van der Waals surface area contributed by atoms with Gasteiger partial charge in [-0.05, 0) is 18.9 Å². The van der Waals surface area contributed by atoms with Gasteiger partial charge in [0.15, 0.2) is 11.4 Å². The molecule has 0 saturated carbocycles. The molecule has 25 heavy (non-hydrogen) atoms. The van der Waals surface area contributed by atoms with E-state index >= 15 is 0 Å². The zero-order valence-electron chi connectivity index (χ0n) is 13.4. The summed E-state index contributed by atoms with van der Waals surface area (Å²) < 4.78 is 39.7. The maximum atomic E-state index is 12.9. The van der Waals surface area contributed by atoms with Gasteiger partial charge in [-0.3, -0.25) is 9.48 Å². The zero-order chi connectivity index (χ0) is 18.8. The number of carboxylic acid groups (broad SMARTS) is 1. The summed E-state index contributed by atoms with van der Waals surface area (Å²) in [5.74, 6) is -2.44. The molecule has 2 aromatic rings. The molecule has 0 aromatic carbocycles. The van der Waals surface area contributed by atoms with Gasteiger partial charge < -0.3 is 15.4 Å². The van der Waals surface area contributed by atoms with Crippen LogP contribution in [0, 0.1) is 12.8 Å². The van der Waals surface area contributed by atoms with E-state index in [2.05, 4.69) is 20.4 Å². The van der Waals surface area contributed by atoms with E-state index < -0.39 is 23.7 Å². The standard InChI is InChI=1S/C14H16F3N5O3/c1-7(5-22-9(14(15,16)17)3-8(2)21-22)4-18-12(23)10-11(13(24)25)20-6-19-10/h3,6-7H,4-5H2,1-2H3,(H,18,23)(H,19,20)(H,24,25)/t7-/m1/s1. The molecule has 0 bridgehead atoms. The minimum Gasteiger partial charge on any atom is -0.477 e. The van der Waals surface area contributed by atoms with Gasteiger partial charge >= 0.3 is 12.1 Å². The number of halogens is 3. The number of hydrogen-bond donors (Lipinski definition) is 3. The van der Waals surface area contributed by atoms with Crippen molar-refractivity contribution in [3.8, 4) is 0 Å². The van der Waals surface area contributed by atoms with Gasteiger partial charge in [-0.2, -0.15) is 18.3 Å². The number of amides is 1. The van der Waals surface area contributed by atoms with Gasteiger partial charge in [0.25, 0.3) is 5.91 Å². The summed E-state index contributed by atoms with van der Waals surface area (Å²) in [5, 5.41) is 15.2. The number of H-pyrrole nitrogens is 1. The number of aryl methyl sites for hydroxylation is 1. The summed E-state index contributed by atoms with van der Waals surface area (Å²) in [6.45, 7) is 3.07. The molecule has 0 spiro atoms. The van der Waals surface area contributed by atoms with Gasteiger partial charge in [0.05, 0.1) is 12.0 Å². The first-order chi connectivity index (χ1) is 11.6. The third-order valence-electron chi connectivity index (χ3n) is 3.36. The highest BCUT2D eigenvalue weighted by Crippen LogP contribution is 2.30. The maximum Gasteiger partial charge on any atom is 0.433 e. The quantitative estimate of drug-likeness (QED) is 0.727. The van der Waals surface area contributed by atoms with Gasteiger partial charge in [-0.25, -0.2) is 9.78 Å². The first-order valence-electron chi connectivity index (χ1n) is 7.26. The number of aromatic amines is 1. The second-order valence-electron chi connectivity index (χ2n) is 5.60. The Morgan fingerprint density at radius 3 is 2.72 bits per heavy atom. The van der Waals surface area contributed by atoms with Gasteiger partial charge in [-0.1, -0.05) is 6.92 Å². The summed E-state index contributed by atoms with van der Waals surface area (Å²) in [7, 11) is 0. The summed E-state index contributed by atoms with van der Waals surface area (Å²) in [6.07, 6.45) is -3.44. The van der Waals surface area contributed by atoms with E-state index in [4.69, 9.17) is 5.11 Å². The Kier molecular flexibility index (Phi) is 5.14. The number of hydrogen-bond acceptors (Lipinski definition) is 4. The second-order valence-corrected chi connectivity index (χ2v) is 5.60. The minimum absolute atomic E-state index is 0.0287. The molecule has 0 aliphatic carbocycles. The average molecular weight is 359 g/mol. The molecule has 2 aromatic heterocycles. The van der Waals surface area contributed by atoms with Crippen molar-refractivity contribution in [1.29, 1.82) is 0 Å². The largest absolute Gasteiger partial charge is 0.477 e. The number of carbonyl (C=O) groups excluding carboxylic acids is 1. The van der Waals surface area contributed by atoms with Crippen molar-refractivity contribution in [2.45, 2.75) is 26.6 Å². The van der Waals surface area contributed by atoms with Crippen molar-refractivity contribution in [1.82, 2.24) is 25.1 Å². The molecule has 1 atom stereocenters. The van der Waals surface area contributed by atoms with E-state index in [9.17, 15) is 22.8 Å². The van der Waals surface area contributed by atoms with Crippen LogP contribution >= 0.6 is 0 Å². The predicted molar refractivity (Wildman–Crippen MR) is 79.0 cm³/mol. The minimum atomic E-state index is -4.52. The van der Waals surface area contributed by atoms with Crippen molar-refractivity contribution in [2.24, 2.45) is 5.92 Å².